The highest BCUT2D eigenvalue weighted by Gasteiger charge is 2.35. The van der Waals surface area contributed by atoms with Crippen LogP contribution >= 0.6 is 0 Å². The van der Waals surface area contributed by atoms with Gasteiger partial charge in [0.1, 0.15) is 5.41 Å². The number of aryl methyl sites for hydroxylation is 2. The van der Waals surface area contributed by atoms with E-state index in [-0.39, 0.29) is 5.91 Å². The van der Waals surface area contributed by atoms with E-state index in [2.05, 4.69) is 17.5 Å². The van der Waals surface area contributed by atoms with Gasteiger partial charge in [0.05, 0.1) is 6.07 Å². The van der Waals surface area contributed by atoms with Crippen LogP contribution in [0.1, 0.15) is 44.2 Å². The number of carbonyl (C=O) groups is 1. The summed E-state index contributed by atoms with van der Waals surface area (Å²) in [4.78, 5) is 12.3. The third-order valence-corrected chi connectivity index (χ3v) is 4.21. The molecule has 0 bridgehead atoms. The number of fused-ring (bicyclic) bond motifs is 1. The summed E-state index contributed by atoms with van der Waals surface area (Å²) < 4.78 is 0. The van der Waals surface area contributed by atoms with E-state index in [1.165, 1.54) is 17.5 Å². The minimum absolute atomic E-state index is 0.182. The number of benzene rings is 1. The number of nitrogens with zero attached hydrogens (tertiary/aromatic N) is 1. The van der Waals surface area contributed by atoms with E-state index in [0.717, 1.165) is 18.5 Å². The molecule has 1 aromatic carbocycles. The zero-order valence-corrected chi connectivity index (χ0v) is 11.6. The molecule has 3 heteroatoms. The molecule has 0 fully saturated rings. The van der Waals surface area contributed by atoms with Crippen LogP contribution in [-0.4, -0.2) is 5.91 Å². The molecule has 0 saturated heterocycles. The van der Waals surface area contributed by atoms with Crippen LogP contribution in [0.4, 0.5) is 5.69 Å². The Morgan fingerprint density at radius 2 is 2.00 bits per heavy atom. The molecule has 1 N–H and O–H groups in total. The molecule has 0 spiro atoms. The van der Waals surface area contributed by atoms with E-state index in [1.807, 2.05) is 26.0 Å². The lowest BCUT2D eigenvalue weighted by atomic mass is 9.83. The average Bonchev–Trinajstić information content (AvgIpc) is 2.89. The summed E-state index contributed by atoms with van der Waals surface area (Å²) in [5.74, 6) is -0.182. The molecule has 0 aliphatic heterocycles. The van der Waals surface area contributed by atoms with Crippen LogP contribution in [0.25, 0.3) is 0 Å². The Hall–Kier alpha value is -1.82. The predicted molar refractivity (Wildman–Crippen MR) is 75.7 cm³/mol. The Morgan fingerprint density at radius 1 is 1.32 bits per heavy atom. The van der Waals surface area contributed by atoms with Crippen LogP contribution in [-0.2, 0) is 17.6 Å². The van der Waals surface area contributed by atoms with Crippen molar-refractivity contribution in [1.29, 1.82) is 5.26 Å². The molecule has 0 aromatic heterocycles. The van der Waals surface area contributed by atoms with Gasteiger partial charge in [-0.05, 0) is 55.4 Å². The second-order valence-corrected chi connectivity index (χ2v) is 5.19. The van der Waals surface area contributed by atoms with Crippen LogP contribution in [0.15, 0.2) is 18.2 Å². The maximum atomic E-state index is 12.3. The third kappa shape index (κ3) is 2.49. The van der Waals surface area contributed by atoms with Gasteiger partial charge in [-0.15, -0.1) is 0 Å². The Kier molecular flexibility index (Phi) is 3.90. The molecule has 100 valence electrons. The normalized spacial score (nSPS) is 13.7. The van der Waals surface area contributed by atoms with Gasteiger partial charge >= 0.3 is 0 Å². The molecular formula is C16H20N2O. The lowest BCUT2D eigenvalue weighted by Crippen LogP contribution is -2.33. The van der Waals surface area contributed by atoms with Gasteiger partial charge < -0.3 is 5.32 Å². The third-order valence-electron chi connectivity index (χ3n) is 4.21. The van der Waals surface area contributed by atoms with E-state index in [0.29, 0.717) is 12.8 Å². The predicted octanol–water partition coefficient (Wildman–Crippen LogP) is 3.44. The lowest BCUT2D eigenvalue weighted by molar-refractivity contribution is -0.123. The molecule has 0 heterocycles. The largest absolute Gasteiger partial charge is 0.325 e. The highest BCUT2D eigenvalue weighted by Crippen LogP contribution is 2.29. The van der Waals surface area contributed by atoms with Crippen molar-refractivity contribution in [2.75, 3.05) is 5.32 Å². The van der Waals surface area contributed by atoms with Crippen molar-refractivity contribution in [3.8, 4) is 6.07 Å². The number of hydrogen-bond donors (Lipinski definition) is 1. The molecule has 1 amide bonds. The first-order chi connectivity index (χ1) is 9.15. The monoisotopic (exact) mass is 256 g/mol. The van der Waals surface area contributed by atoms with E-state index in [4.69, 9.17) is 0 Å². The maximum absolute atomic E-state index is 12.3. The molecule has 1 aliphatic rings. The van der Waals surface area contributed by atoms with E-state index in [1.54, 1.807) is 0 Å². The number of rotatable bonds is 4. The second-order valence-electron chi connectivity index (χ2n) is 5.19. The quantitative estimate of drug-likeness (QED) is 0.897. The molecule has 1 aromatic rings. The molecule has 0 unspecified atom stereocenters. The van der Waals surface area contributed by atoms with Gasteiger partial charge in [0.2, 0.25) is 5.91 Å². The SMILES string of the molecule is CCC(C#N)(CC)C(=O)Nc1ccc2c(c1)CCC2. The minimum Gasteiger partial charge on any atom is -0.325 e. The Balaban J connectivity index is 2.17. The fourth-order valence-corrected chi connectivity index (χ4v) is 2.68. The number of hydrogen-bond acceptors (Lipinski definition) is 2. The summed E-state index contributed by atoms with van der Waals surface area (Å²) in [6, 6.07) is 8.25. The zero-order valence-electron chi connectivity index (χ0n) is 11.6. The Labute approximate surface area is 114 Å². The topological polar surface area (TPSA) is 52.9 Å². The van der Waals surface area contributed by atoms with Crippen molar-refractivity contribution in [3.05, 3.63) is 29.3 Å². The number of anilines is 1. The summed E-state index contributed by atoms with van der Waals surface area (Å²) >= 11 is 0. The van der Waals surface area contributed by atoms with Crippen molar-refractivity contribution in [2.24, 2.45) is 5.41 Å². The summed E-state index contributed by atoms with van der Waals surface area (Å²) in [7, 11) is 0. The van der Waals surface area contributed by atoms with Crippen LogP contribution in [0, 0.1) is 16.7 Å². The standard InChI is InChI=1S/C16H20N2O/c1-3-16(4-2,11-17)15(19)18-14-9-8-12-6-5-7-13(12)10-14/h8-10H,3-7H2,1-2H3,(H,18,19). The average molecular weight is 256 g/mol. The van der Waals surface area contributed by atoms with Gasteiger partial charge in [-0.3, -0.25) is 4.79 Å². The summed E-state index contributed by atoms with van der Waals surface area (Å²) in [6.45, 7) is 3.77. The van der Waals surface area contributed by atoms with Crippen molar-refractivity contribution in [2.45, 2.75) is 46.0 Å². The van der Waals surface area contributed by atoms with Crippen molar-refractivity contribution >= 4 is 11.6 Å². The van der Waals surface area contributed by atoms with Crippen molar-refractivity contribution in [1.82, 2.24) is 0 Å². The number of nitriles is 1. The van der Waals surface area contributed by atoms with Crippen molar-refractivity contribution in [3.63, 3.8) is 0 Å². The fraction of sp³-hybridized carbons (Fsp3) is 0.500. The van der Waals surface area contributed by atoms with E-state index >= 15 is 0 Å². The molecule has 3 nitrogen and oxygen atoms in total. The van der Waals surface area contributed by atoms with Gasteiger partial charge in [0, 0.05) is 5.69 Å². The summed E-state index contributed by atoms with van der Waals surface area (Å²) in [6.07, 6.45) is 4.49. The Morgan fingerprint density at radius 3 is 2.63 bits per heavy atom. The molecule has 2 rings (SSSR count). The fourth-order valence-electron chi connectivity index (χ4n) is 2.68. The van der Waals surface area contributed by atoms with Crippen LogP contribution in [0.5, 0.6) is 0 Å². The van der Waals surface area contributed by atoms with Crippen LogP contribution in [0.2, 0.25) is 0 Å². The highest BCUT2D eigenvalue weighted by atomic mass is 16.2. The smallest absolute Gasteiger partial charge is 0.244 e. The lowest BCUT2D eigenvalue weighted by Gasteiger charge is -2.22. The maximum Gasteiger partial charge on any atom is 0.244 e. The number of nitrogens with one attached hydrogen (secondary N) is 1. The number of amides is 1. The number of carbonyl (C=O) groups excluding carboxylic acids is 1. The van der Waals surface area contributed by atoms with Gasteiger partial charge in [-0.25, -0.2) is 0 Å². The molecule has 19 heavy (non-hydrogen) atoms. The summed E-state index contributed by atoms with van der Waals surface area (Å²) in [5, 5.41) is 12.2. The molecule has 0 atom stereocenters. The molecule has 0 radical (unpaired) electrons. The zero-order chi connectivity index (χ0) is 13.9. The van der Waals surface area contributed by atoms with E-state index < -0.39 is 5.41 Å². The molecular weight excluding hydrogens is 236 g/mol. The van der Waals surface area contributed by atoms with Gasteiger partial charge in [-0.2, -0.15) is 5.26 Å². The Bertz CT molecular complexity index is 524. The van der Waals surface area contributed by atoms with E-state index in [9.17, 15) is 10.1 Å². The van der Waals surface area contributed by atoms with Crippen molar-refractivity contribution < 1.29 is 4.79 Å². The minimum atomic E-state index is -0.904. The van der Waals surface area contributed by atoms with Crippen LogP contribution in [0.3, 0.4) is 0 Å². The van der Waals surface area contributed by atoms with Crippen LogP contribution < -0.4 is 5.32 Å². The molecule has 0 saturated carbocycles. The second kappa shape index (κ2) is 5.44. The molecule has 1 aliphatic carbocycles. The first kappa shape index (κ1) is 13.6. The summed E-state index contributed by atoms with van der Waals surface area (Å²) in [5.41, 5.74) is 2.62. The first-order valence-electron chi connectivity index (χ1n) is 6.99. The van der Waals surface area contributed by atoms with Gasteiger partial charge in [0.15, 0.2) is 0 Å². The van der Waals surface area contributed by atoms with Gasteiger partial charge in [-0.1, -0.05) is 19.9 Å². The first-order valence-corrected chi connectivity index (χ1v) is 6.99. The van der Waals surface area contributed by atoms with Gasteiger partial charge in [0.25, 0.3) is 0 Å². The highest BCUT2D eigenvalue weighted by molar-refractivity contribution is 5.97.